The standard InChI is InChI=1S/C15H20N6O4S/c1-5-10(26-15-18-12(22)8(3)19-20-15)13(23)17-11-9(7-16-21(11)4)14(24)25-6-2/h7,10H,5-6H2,1-4H3,(H,17,23)(H,18,20,22). The van der Waals surface area contributed by atoms with Crippen LogP contribution in [0.15, 0.2) is 16.1 Å². The molecule has 0 aromatic carbocycles. The molecule has 0 saturated heterocycles. The molecule has 0 fully saturated rings. The van der Waals surface area contributed by atoms with Gasteiger partial charge in [-0.25, -0.2) is 4.79 Å². The van der Waals surface area contributed by atoms with Gasteiger partial charge in [0.25, 0.3) is 5.56 Å². The van der Waals surface area contributed by atoms with Crippen LogP contribution < -0.4 is 10.9 Å². The van der Waals surface area contributed by atoms with Crippen molar-refractivity contribution in [3.8, 4) is 0 Å². The number of H-pyrrole nitrogens is 1. The maximum atomic E-state index is 12.6. The molecule has 26 heavy (non-hydrogen) atoms. The maximum absolute atomic E-state index is 12.6. The summed E-state index contributed by atoms with van der Waals surface area (Å²) in [6.45, 7) is 5.28. The van der Waals surface area contributed by atoms with Crippen molar-refractivity contribution in [1.29, 1.82) is 0 Å². The van der Waals surface area contributed by atoms with E-state index in [-0.39, 0.29) is 40.3 Å². The van der Waals surface area contributed by atoms with Crippen LogP contribution in [-0.2, 0) is 16.6 Å². The Morgan fingerprint density at radius 1 is 1.38 bits per heavy atom. The van der Waals surface area contributed by atoms with Gasteiger partial charge in [-0.1, -0.05) is 18.7 Å². The Labute approximate surface area is 153 Å². The van der Waals surface area contributed by atoms with E-state index in [1.54, 1.807) is 20.9 Å². The van der Waals surface area contributed by atoms with Gasteiger partial charge in [-0.2, -0.15) is 5.10 Å². The molecule has 2 rings (SSSR count). The first-order valence-electron chi connectivity index (χ1n) is 7.97. The zero-order chi connectivity index (χ0) is 19.3. The van der Waals surface area contributed by atoms with Gasteiger partial charge in [0.15, 0.2) is 5.16 Å². The SMILES string of the molecule is CCOC(=O)c1cnn(C)c1NC(=O)C(CC)Sc1nnc(C)c(=O)[nH]1. The number of thioether (sulfide) groups is 1. The van der Waals surface area contributed by atoms with Crippen LogP contribution >= 0.6 is 11.8 Å². The second-order valence-electron chi connectivity index (χ2n) is 5.30. The van der Waals surface area contributed by atoms with Crippen molar-refractivity contribution in [2.24, 2.45) is 7.05 Å². The van der Waals surface area contributed by atoms with E-state index in [9.17, 15) is 14.4 Å². The average molecular weight is 380 g/mol. The van der Waals surface area contributed by atoms with Crippen LogP contribution in [0.25, 0.3) is 0 Å². The van der Waals surface area contributed by atoms with E-state index in [2.05, 4.69) is 25.6 Å². The number of anilines is 1. The van der Waals surface area contributed by atoms with Gasteiger partial charge in [0.05, 0.1) is 18.1 Å². The van der Waals surface area contributed by atoms with Crippen LogP contribution in [0.5, 0.6) is 0 Å². The number of ether oxygens (including phenoxy) is 1. The summed E-state index contributed by atoms with van der Waals surface area (Å²) in [5, 5.41) is 14.0. The van der Waals surface area contributed by atoms with Gasteiger partial charge in [0.2, 0.25) is 5.91 Å². The zero-order valence-corrected chi connectivity index (χ0v) is 15.7. The average Bonchev–Trinajstić information content (AvgIpc) is 2.96. The highest BCUT2D eigenvalue weighted by atomic mass is 32.2. The van der Waals surface area contributed by atoms with Crippen LogP contribution in [0.4, 0.5) is 5.82 Å². The highest BCUT2D eigenvalue weighted by molar-refractivity contribution is 8.00. The highest BCUT2D eigenvalue weighted by Crippen LogP contribution is 2.23. The number of aromatic nitrogens is 5. The molecule has 2 N–H and O–H groups in total. The summed E-state index contributed by atoms with van der Waals surface area (Å²) in [6, 6.07) is 0. The summed E-state index contributed by atoms with van der Waals surface area (Å²) < 4.78 is 6.35. The van der Waals surface area contributed by atoms with E-state index in [1.165, 1.54) is 10.9 Å². The van der Waals surface area contributed by atoms with Crippen molar-refractivity contribution >= 4 is 29.5 Å². The molecule has 0 saturated carbocycles. The first kappa shape index (κ1) is 19.6. The Morgan fingerprint density at radius 2 is 2.12 bits per heavy atom. The second-order valence-corrected chi connectivity index (χ2v) is 6.49. The number of hydrogen-bond donors (Lipinski definition) is 2. The maximum Gasteiger partial charge on any atom is 0.343 e. The summed E-state index contributed by atoms with van der Waals surface area (Å²) in [6.07, 6.45) is 1.81. The van der Waals surface area contributed by atoms with Gasteiger partial charge in [-0.05, 0) is 20.3 Å². The Hall–Kier alpha value is -2.69. The van der Waals surface area contributed by atoms with Crippen LogP contribution in [0.2, 0.25) is 0 Å². The van der Waals surface area contributed by atoms with Crippen molar-refractivity contribution in [1.82, 2.24) is 25.0 Å². The minimum Gasteiger partial charge on any atom is -0.462 e. The summed E-state index contributed by atoms with van der Waals surface area (Å²) in [4.78, 5) is 38.8. The van der Waals surface area contributed by atoms with Crippen molar-refractivity contribution in [2.45, 2.75) is 37.6 Å². The van der Waals surface area contributed by atoms with Gasteiger partial charge in [0, 0.05) is 7.05 Å². The normalized spacial score (nSPS) is 11.8. The molecule has 1 unspecified atom stereocenters. The fourth-order valence-corrected chi connectivity index (χ4v) is 2.87. The van der Waals surface area contributed by atoms with E-state index in [4.69, 9.17) is 4.74 Å². The molecule has 0 aliphatic heterocycles. The first-order valence-corrected chi connectivity index (χ1v) is 8.85. The van der Waals surface area contributed by atoms with Crippen molar-refractivity contribution in [3.63, 3.8) is 0 Å². The quantitative estimate of drug-likeness (QED) is 0.535. The molecule has 0 aliphatic carbocycles. The Kier molecular flexibility index (Phi) is 6.50. The summed E-state index contributed by atoms with van der Waals surface area (Å²) in [5.74, 6) is -0.670. The Bertz CT molecular complexity index is 862. The van der Waals surface area contributed by atoms with Gasteiger partial charge in [-0.3, -0.25) is 19.3 Å². The molecule has 140 valence electrons. The monoisotopic (exact) mass is 380 g/mol. The molecule has 1 atom stereocenters. The molecule has 1 amide bonds. The predicted molar refractivity (Wildman–Crippen MR) is 95.1 cm³/mol. The van der Waals surface area contributed by atoms with E-state index < -0.39 is 11.2 Å². The molecule has 0 spiro atoms. The van der Waals surface area contributed by atoms with Crippen LogP contribution in [0.3, 0.4) is 0 Å². The van der Waals surface area contributed by atoms with Gasteiger partial charge < -0.3 is 10.1 Å². The minimum atomic E-state index is -0.565. The summed E-state index contributed by atoms with van der Waals surface area (Å²) >= 11 is 1.08. The molecule has 10 nitrogen and oxygen atoms in total. The lowest BCUT2D eigenvalue weighted by atomic mass is 10.3. The van der Waals surface area contributed by atoms with Gasteiger partial charge in [-0.15, -0.1) is 10.2 Å². The third-order valence-corrected chi connectivity index (χ3v) is 4.67. The van der Waals surface area contributed by atoms with Gasteiger partial charge >= 0.3 is 5.97 Å². The first-order chi connectivity index (χ1) is 12.4. The number of hydrogen-bond acceptors (Lipinski definition) is 8. The van der Waals surface area contributed by atoms with Crippen LogP contribution in [-0.4, -0.2) is 48.7 Å². The summed E-state index contributed by atoms with van der Waals surface area (Å²) in [5.41, 5.74) is 0.0703. The lowest BCUT2D eigenvalue weighted by molar-refractivity contribution is -0.115. The smallest absolute Gasteiger partial charge is 0.343 e. The topological polar surface area (TPSA) is 132 Å². The number of nitrogens with one attached hydrogen (secondary N) is 2. The fraction of sp³-hybridized carbons (Fsp3) is 0.467. The van der Waals surface area contributed by atoms with E-state index in [1.807, 2.05) is 6.92 Å². The number of carbonyl (C=O) groups excluding carboxylic acids is 2. The molecule has 0 bridgehead atoms. The largest absolute Gasteiger partial charge is 0.462 e. The van der Waals surface area contributed by atoms with E-state index in [0.717, 1.165) is 11.8 Å². The fourth-order valence-electron chi connectivity index (χ4n) is 2.03. The lowest BCUT2D eigenvalue weighted by Crippen LogP contribution is -2.27. The number of rotatable bonds is 7. The van der Waals surface area contributed by atoms with E-state index in [0.29, 0.717) is 6.42 Å². The number of aryl methyl sites for hydroxylation is 2. The van der Waals surface area contributed by atoms with E-state index >= 15 is 0 Å². The summed E-state index contributed by atoms with van der Waals surface area (Å²) in [7, 11) is 1.61. The third kappa shape index (κ3) is 4.48. The highest BCUT2D eigenvalue weighted by Gasteiger charge is 2.24. The Balaban J connectivity index is 2.17. The lowest BCUT2D eigenvalue weighted by Gasteiger charge is -2.14. The molecule has 2 heterocycles. The molecular weight excluding hydrogens is 360 g/mol. The predicted octanol–water partition coefficient (Wildman–Crippen LogP) is 0.893. The van der Waals surface area contributed by atoms with Crippen LogP contribution in [0, 0.1) is 6.92 Å². The molecule has 2 aromatic heterocycles. The number of amides is 1. The van der Waals surface area contributed by atoms with Gasteiger partial charge in [0.1, 0.15) is 17.1 Å². The minimum absolute atomic E-state index is 0.172. The number of aromatic amines is 1. The second kappa shape index (κ2) is 8.61. The number of carbonyl (C=O) groups is 2. The third-order valence-electron chi connectivity index (χ3n) is 3.43. The van der Waals surface area contributed by atoms with Crippen LogP contribution in [0.1, 0.15) is 36.3 Å². The van der Waals surface area contributed by atoms with Crippen molar-refractivity contribution in [2.75, 3.05) is 11.9 Å². The molecule has 0 aliphatic rings. The Morgan fingerprint density at radius 3 is 2.73 bits per heavy atom. The number of esters is 1. The molecule has 11 heteroatoms. The molecule has 0 radical (unpaired) electrons. The van der Waals surface area contributed by atoms with Crippen molar-refractivity contribution in [3.05, 3.63) is 27.8 Å². The zero-order valence-electron chi connectivity index (χ0n) is 14.9. The molecule has 2 aromatic rings. The van der Waals surface area contributed by atoms with Crippen molar-refractivity contribution < 1.29 is 14.3 Å². The number of nitrogens with zero attached hydrogens (tertiary/aromatic N) is 4. The molecular formula is C15H20N6O4S.